The lowest BCUT2D eigenvalue weighted by molar-refractivity contribution is -0.142. The highest BCUT2D eigenvalue weighted by Gasteiger charge is 2.29. The molecule has 0 fully saturated rings. The first-order valence-electron chi connectivity index (χ1n) is 5.95. The third-order valence-corrected chi connectivity index (χ3v) is 3.61. The SMILES string of the molecule is COC(=O)[C@@H](c1ccc(Br)cc1)[C@@H]1C=CCCN1. The summed E-state index contributed by atoms with van der Waals surface area (Å²) in [6.45, 7) is 0.894. The third-order valence-electron chi connectivity index (χ3n) is 3.08. The van der Waals surface area contributed by atoms with Crippen molar-refractivity contribution < 1.29 is 9.53 Å². The van der Waals surface area contributed by atoms with Gasteiger partial charge in [0.05, 0.1) is 7.11 Å². The molecular formula is C14H16BrNO2. The number of carbonyl (C=O) groups is 1. The summed E-state index contributed by atoms with van der Waals surface area (Å²) >= 11 is 3.40. The zero-order chi connectivity index (χ0) is 13.0. The van der Waals surface area contributed by atoms with Crippen LogP contribution in [-0.4, -0.2) is 25.7 Å². The van der Waals surface area contributed by atoms with E-state index >= 15 is 0 Å². The summed E-state index contributed by atoms with van der Waals surface area (Å²) in [5.74, 6) is -0.499. The number of benzene rings is 1. The molecule has 0 spiro atoms. The molecule has 2 atom stereocenters. The first kappa shape index (κ1) is 13.3. The molecule has 0 amide bonds. The Morgan fingerprint density at radius 2 is 2.17 bits per heavy atom. The Morgan fingerprint density at radius 3 is 2.72 bits per heavy atom. The van der Waals surface area contributed by atoms with Gasteiger partial charge >= 0.3 is 5.97 Å². The molecule has 0 aromatic heterocycles. The van der Waals surface area contributed by atoms with Gasteiger partial charge < -0.3 is 10.1 Å². The minimum Gasteiger partial charge on any atom is -0.468 e. The van der Waals surface area contributed by atoms with Crippen LogP contribution in [0, 0.1) is 0 Å². The van der Waals surface area contributed by atoms with Gasteiger partial charge in [-0.3, -0.25) is 4.79 Å². The summed E-state index contributed by atoms with van der Waals surface area (Å²) in [4.78, 5) is 12.0. The maximum absolute atomic E-state index is 12.0. The molecule has 1 heterocycles. The van der Waals surface area contributed by atoms with Crippen LogP contribution in [-0.2, 0) is 9.53 Å². The Balaban J connectivity index is 2.29. The second-order valence-corrected chi connectivity index (χ2v) is 5.16. The van der Waals surface area contributed by atoms with Gasteiger partial charge in [-0.25, -0.2) is 0 Å². The van der Waals surface area contributed by atoms with E-state index in [1.54, 1.807) is 0 Å². The van der Waals surface area contributed by atoms with E-state index in [0.717, 1.165) is 23.0 Å². The highest BCUT2D eigenvalue weighted by atomic mass is 79.9. The largest absolute Gasteiger partial charge is 0.468 e. The number of hydrogen-bond acceptors (Lipinski definition) is 3. The summed E-state index contributed by atoms with van der Waals surface area (Å²) in [5, 5.41) is 3.35. The Bertz CT molecular complexity index is 442. The molecule has 1 aliphatic heterocycles. The van der Waals surface area contributed by atoms with Gasteiger partial charge in [-0.1, -0.05) is 40.2 Å². The number of methoxy groups -OCH3 is 1. The van der Waals surface area contributed by atoms with Crippen LogP contribution in [0.1, 0.15) is 17.9 Å². The molecule has 1 aliphatic rings. The predicted molar refractivity (Wildman–Crippen MR) is 74.4 cm³/mol. The van der Waals surface area contributed by atoms with E-state index in [0.29, 0.717) is 0 Å². The molecule has 0 saturated heterocycles. The number of rotatable bonds is 3. The van der Waals surface area contributed by atoms with Crippen molar-refractivity contribution in [1.82, 2.24) is 5.32 Å². The molecule has 0 bridgehead atoms. The van der Waals surface area contributed by atoms with E-state index in [1.165, 1.54) is 7.11 Å². The van der Waals surface area contributed by atoms with Crippen LogP contribution in [0.5, 0.6) is 0 Å². The zero-order valence-corrected chi connectivity index (χ0v) is 11.8. The molecule has 4 heteroatoms. The number of hydrogen-bond donors (Lipinski definition) is 1. The van der Waals surface area contributed by atoms with Crippen LogP contribution in [0.25, 0.3) is 0 Å². The maximum atomic E-state index is 12.0. The van der Waals surface area contributed by atoms with Crippen LogP contribution in [0.4, 0.5) is 0 Å². The number of carbonyl (C=O) groups excluding carboxylic acids is 1. The van der Waals surface area contributed by atoms with Crippen LogP contribution in [0.3, 0.4) is 0 Å². The van der Waals surface area contributed by atoms with Gasteiger partial charge in [0.1, 0.15) is 5.92 Å². The Labute approximate surface area is 115 Å². The molecule has 0 unspecified atom stereocenters. The fourth-order valence-corrected chi connectivity index (χ4v) is 2.42. The second kappa shape index (κ2) is 6.16. The molecule has 2 rings (SSSR count). The zero-order valence-electron chi connectivity index (χ0n) is 10.2. The molecule has 1 N–H and O–H groups in total. The van der Waals surface area contributed by atoms with E-state index in [4.69, 9.17) is 4.74 Å². The van der Waals surface area contributed by atoms with Crippen molar-refractivity contribution in [3.8, 4) is 0 Å². The molecule has 1 aromatic carbocycles. The lowest BCUT2D eigenvalue weighted by Gasteiger charge is -2.26. The molecule has 0 radical (unpaired) electrons. The predicted octanol–water partition coefficient (Wildman–Crippen LogP) is 2.62. The van der Waals surface area contributed by atoms with Crippen molar-refractivity contribution in [2.45, 2.75) is 18.4 Å². The van der Waals surface area contributed by atoms with Crippen LogP contribution in [0.2, 0.25) is 0 Å². The molecule has 1 aromatic rings. The average molecular weight is 310 g/mol. The molecule has 0 saturated carbocycles. The minimum atomic E-state index is -0.292. The van der Waals surface area contributed by atoms with Crippen molar-refractivity contribution >= 4 is 21.9 Å². The van der Waals surface area contributed by atoms with E-state index in [2.05, 4.69) is 27.3 Å². The lowest BCUT2D eigenvalue weighted by atomic mass is 9.90. The van der Waals surface area contributed by atoms with Gasteiger partial charge in [0.2, 0.25) is 0 Å². The molecule has 18 heavy (non-hydrogen) atoms. The highest BCUT2D eigenvalue weighted by molar-refractivity contribution is 9.10. The number of esters is 1. The van der Waals surface area contributed by atoms with Gasteiger partial charge in [-0.2, -0.15) is 0 Å². The third kappa shape index (κ3) is 3.00. The van der Waals surface area contributed by atoms with Gasteiger partial charge in [-0.05, 0) is 30.7 Å². The maximum Gasteiger partial charge on any atom is 0.315 e. The fraction of sp³-hybridized carbons (Fsp3) is 0.357. The smallest absolute Gasteiger partial charge is 0.315 e. The Morgan fingerprint density at radius 1 is 1.44 bits per heavy atom. The van der Waals surface area contributed by atoms with Crippen LogP contribution in [0.15, 0.2) is 40.9 Å². The summed E-state index contributed by atoms with van der Waals surface area (Å²) in [6.07, 6.45) is 5.16. The van der Waals surface area contributed by atoms with Crippen molar-refractivity contribution in [1.29, 1.82) is 0 Å². The van der Waals surface area contributed by atoms with Crippen molar-refractivity contribution in [2.24, 2.45) is 0 Å². The van der Waals surface area contributed by atoms with Crippen molar-refractivity contribution in [3.05, 3.63) is 46.5 Å². The van der Waals surface area contributed by atoms with Gasteiger partial charge in [0.15, 0.2) is 0 Å². The van der Waals surface area contributed by atoms with E-state index in [9.17, 15) is 4.79 Å². The Kier molecular flexibility index (Phi) is 4.55. The van der Waals surface area contributed by atoms with Crippen molar-refractivity contribution in [3.63, 3.8) is 0 Å². The first-order chi connectivity index (χ1) is 8.72. The van der Waals surface area contributed by atoms with Crippen LogP contribution < -0.4 is 5.32 Å². The summed E-state index contributed by atoms with van der Waals surface area (Å²) in [6, 6.07) is 7.80. The fourth-order valence-electron chi connectivity index (χ4n) is 2.16. The summed E-state index contributed by atoms with van der Waals surface area (Å²) < 4.78 is 5.93. The lowest BCUT2D eigenvalue weighted by Crippen LogP contribution is -2.39. The molecular weight excluding hydrogens is 294 g/mol. The van der Waals surface area contributed by atoms with E-state index in [1.807, 2.05) is 30.3 Å². The van der Waals surface area contributed by atoms with Gasteiger partial charge in [-0.15, -0.1) is 0 Å². The number of nitrogens with one attached hydrogen (secondary N) is 1. The average Bonchev–Trinajstić information content (AvgIpc) is 2.42. The Hall–Kier alpha value is -1.13. The number of ether oxygens (including phenoxy) is 1. The number of halogens is 1. The minimum absolute atomic E-state index is 0.00683. The van der Waals surface area contributed by atoms with E-state index < -0.39 is 0 Å². The monoisotopic (exact) mass is 309 g/mol. The first-order valence-corrected chi connectivity index (χ1v) is 6.75. The van der Waals surface area contributed by atoms with Crippen molar-refractivity contribution in [2.75, 3.05) is 13.7 Å². The normalized spacial score (nSPS) is 20.4. The van der Waals surface area contributed by atoms with Gasteiger partial charge in [0.25, 0.3) is 0 Å². The molecule has 96 valence electrons. The molecule has 3 nitrogen and oxygen atoms in total. The van der Waals surface area contributed by atoms with Crippen LogP contribution >= 0.6 is 15.9 Å². The second-order valence-electron chi connectivity index (χ2n) is 4.25. The molecule has 0 aliphatic carbocycles. The summed E-state index contributed by atoms with van der Waals surface area (Å²) in [7, 11) is 1.43. The topological polar surface area (TPSA) is 38.3 Å². The summed E-state index contributed by atoms with van der Waals surface area (Å²) in [5.41, 5.74) is 0.967. The standard InChI is InChI=1S/C14H16BrNO2/c1-18-14(17)13(12-4-2-3-9-16-12)10-5-7-11(15)8-6-10/h2,4-8,12-13,16H,3,9H2,1H3/t12-,13-/m0/s1. The van der Waals surface area contributed by atoms with Gasteiger partial charge in [0, 0.05) is 10.5 Å². The van der Waals surface area contributed by atoms with E-state index in [-0.39, 0.29) is 17.9 Å². The quantitative estimate of drug-likeness (QED) is 0.689. The highest BCUT2D eigenvalue weighted by Crippen LogP contribution is 2.25.